The highest BCUT2D eigenvalue weighted by molar-refractivity contribution is 7.92. The maximum absolute atomic E-state index is 13.6. The topological polar surface area (TPSA) is 86.8 Å². The first-order valence-electron chi connectivity index (χ1n) is 11.3. The van der Waals surface area contributed by atoms with Crippen molar-refractivity contribution in [1.29, 1.82) is 0 Å². The summed E-state index contributed by atoms with van der Waals surface area (Å²) < 4.78 is 65.9. The zero-order valence-electron chi connectivity index (χ0n) is 20.9. The summed E-state index contributed by atoms with van der Waals surface area (Å²) in [4.78, 5) is 27.8. The zero-order valence-corrected chi connectivity index (χ0v) is 24.0. The van der Waals surface area contributed by atoms with Gasteiger partial charge in [-0.1, -0.05) is 47.8 Å². The van der Waals surface area contributed by atoms with Crippen LogP contribution in [0.15, 0.2) is 36.4 Å². The number of nitrogens with one attached hydrogen (secondary N) is 1. The molecule has 38 heavy (non-hydrogen) atoms. The Kier molecular flexibility index (Phi) is 10.7. The average Bonchev–Trinajstić information content (AvgIpc) is 2.77. The fraction of sp³-hybridized carbons (Fsp3) is 0.417. The van der Waals surface area contributed by atoms with Crippen molar-refractivity contribution in [3.05, 3.63) is 62.6 Å². The number of hydrogen-bond donors (Lipinski definition) is 1. The Morgan fingerprint density at radius 2 is 1.66 bits per heavy atom. The number of benzene rings is 2. The van der Waals surface area contributed by atoms with Crippen molar-refractivity contribution >= 4 is 62.3 Å². The maximum Gasteiger partial charge on any atom is 0.416 e. The summed E-state index contributed by atoms with van der Waals surface area (Å²) >= 11 is 18.3. The molecule has 7 nitrogen and oxygen atoms in total. The lowest BCUT2D eigenvalue weighted by atomic mass is 10.1. The molecule has 0 unspecified atom stereocenters. The van der Waals surface area contributed by atoms with Crippen LogP contribution >= 0.6 is 34.8 Å². The fourth-order valence-electron chi connectivity index (χ4n) is 3.61. The van der Waals surface area contributed by atoms with Crippen LogP contribution in [0.4, 0.5) is 18.9 Å². The number of halogens is 6. The third-order valence-electron chi connectivity index (χ3n) is 5.39. The lowest BCUT2D eigenvalue weighted by Gasteiger charge is -2.33. The van der Waals surface area contributed by atoms with Gasteiger partial charge in [0.15, 0.2) is 0 Å². The minimum atomic E-state index is -4.79. The van der Waals surface area contributed by atoms with Gasteiger partial charge < -0.3 is 10.2 Å². The Labute approximate surface area is 234 Å². The molecule has 0 fully saturated rings. The van der Waals surface area contributed by atoms with E-state index in [0.29, 0.717) is 27.0 Å². The van der Waals surface area contributed by atoms with Crippen LogP contribution in [0.25, 0.3) is 0 Å². The molecule has 0 saturated carbocycles. The minimum Gasteiger partial charge on any atom is -0.352 e. The van der Waals surface area contributed by atoms with Gasteiger partial charge in [0, 0.05) is 22.6 Å². The van der Waals surface area contributed by atoms with E-state index in [0.717, 1.165) is 17.2 Å². The first-order valence-corrected chi connectivity index (χ1v) is 14.3. The Balaban J connectivity index is 2.58. The van der Waals surface area contributed by atoms with Crippen LogP contribution in [0.2, 0.25) is 15.1 Å². The molecule has 0 radical (unpaired) electrons. The molecule has 0 aliphatic rings. The Bertz CT molecular complexity index is 1290. The van der Waals surface area contributed by atoms with E-state index >= 15 is 0 Å². The summed E-state index contributed by atoms with van der Waals surface area (Å²) in [5.74, 6) is -1.36. The number of rotatable bonds is 10. The van der Waals surface area contributed by atoms with Crippen molar-refractivity contribution in [2.24, 2.45) is 0 Å². The van der Waals surface area contributed by atoms with E-state index in [-0.39, 0.29) is 29.1 Å². The van der Waals surface area contributed by atoms with Crippen LogP contribution in [-0.4, -0.2) is 50.0 Å². The molecular formula is C24H27Cl3F3N3O4S. The van der Waals surface area contributed by atoms with Gasteiger partial charge in [-0.25, -0.2) is 8.42 Å². The van der Waals surface area contributed by atoms with E-state index in [1.807, 2.05) is 0 Å². The molecule has 1 N–H and O–H groups in total. The molecule has 2 amide bonds. The van der Waals surface area contributed by atoms with Gasteiger partial charge in [-0.2, -0.15) is 13.2 Å². The van der Waals surface area contributed by atoms with E-state index in [9.17, 15) is 31.2 Å². The molecule has 1 atom stereocenters. The second kappa shape index (κ2) is 12.8. The maximum atomic E-state index is 13.6. The van der Waals surface area contributed by atoms with Crippen molar-refractivity contribution in [1.82, 2.24) is 10.2 Å². The number of carbonyl (C=O) groups is 2. The Hall–Kier alpha value is -2.21. The number of alkyl halides is 3. The van der Waals surface area contributed by atoms with Crippen molar-refractivity contribution in [2.75, 3.05) is 17.1 Å². The van der Waals surface area contributed by atoms with E-state index in [1.165, 1.54) is 12.1 Å². The summed E-state index contributed by atoms with van der Waals surface area (Å²) in [6, 6.07) is 5.38. The zero-order chi connectivity index (χ0) is 29.0. The molecule has 2 aromatic rings. The molecule has 0 heterocycles. The number of hydrogen-bond acceptors (Lipinski definition) is 4. The van der Waals surface area contributed by atoms with Crippen LogP contribution in [-0.2, 0) is 32.3 Å². The minimum absolute atomic E-state index is 0.151. The smallest absolute Gasteiger partial charge is 0.352 e. The number of carbonyl (C=O) groups excluding carboxylic acids is 2. The molecule has 0 aliphatic carbocycles. The van der Waals surface area contributed by atoms with Gasteiger partial charge in [0.25, 0.3) is 0 Å². The molecule has 2 rings (SSSR count). The third-order valence-corrected chi connectivity index (χ3v) is 7.43. The van der Waals surface area contributed by atoms with Crippen LogP contribution < -0.4 is 9.62 Å². The van der Waals surface area contributed by atoms with Crippen LogP contribution in [0.1, 0.15) is 38.3 Å². The second-order valence-electron chi connectivity index (χ2n) is 8.78. The summed E-state index contributed by atoms with van der Waals surface area (Å²) in [5, 5.41) is 2.95. The molecule has 0 aliphatic heterocycles. The highest BCUT2D eigenvalue weighted by Crippen LogP contribution is 2.36. The van der Waals surface area contributed by atoms with Crippen molar-refractivity contribution in [3.63, 3.8) is 0 Å². The van der Waals surface area contributed by atoms with Gasteiger partial charge in [0.1, 0.15) is 12.6 Å². The number of amides is 2. The summed E-state index contributed by atoms with van der Waals surface area (Å²) in [7, 11) is -4.30. The first kappa shape index (κ1) is 32.0. The van der Waals surface area contributed by atoms with E-state index in [4.69, 9.17) is 34.8 Å². The molecule has 0 aromatic heterocycles. The van der Waals surface area contributed by atoms with Gasteiger partial charge >= 0.3 is 6.18 Å². The van der Waals surface area contributed by atoms with Gasteiger partial charge in [-0.15, -0.1) is 0 Å². The molecule has 210 valence electrons. The number of nitrogens with zero attached hydrogens (tertiary/aromatic N) is 2. The molecule has 0 saturated heterocycles. The molecule has 2 aromatic carbocycles. The number of sulfonamides is 1. The molecule has 0 bridgehead atoms. The lowest BCUT2D eigenvalue weighted by molar-refractivity contribution is -0.140. The Morgan fingerprint density at radius 1 is 1.03 bits per heavy atom. The quantitative estimate of drug-likeness (QED) is 0.368. The summed E-state index contributed by atoms with van der Waals surface area (Å²) in [5.41, 5.74) is -1.25. The lowest BCUT2D eigenvalue weighted by Crippen LogP contribution is -2.53. The number of anilines is 1. The summed E-state index contributed by atoms with van der Waals surface area (Å²) in [6.07, 6.45) is -3.90. The van der Waals surface area contributed by atoms with Gasteiger partial charge in [0.05, 0.1) is 22.5 Å². The van der Waals surface area contributed by atoms with Crippen molar-refractivity contribution < 1.29 is 31.2 Å². The predicted molar refractivity (Wildman–Crippen MR) is 143 cm³/mol. The normalized spacial score (nSPS) is 12.8. The standard InChI is InChI=1S/C24H27Cl3F3N3O4S/c1-5-20(23(35)31-14(2)3)32(12-15-6-8-17(25)11-19(15)27)22(34)13-33(38(4,36)37)21-10-16(24(28,29)30)7-9-18(21)26/h6-11,14,20H,5,12-13H2,1-4H3,(H,31,35)/t20-/m1/s1. The van der Waals surface area contributed by atoms with Crippen molar-refractivity contribution in [2.45, 2.75) is 52.0 Å². The molecule has 0 spiro atoms. The van der Waals surface area contributed by atoms with Crippen LogP contribution in [0, 0.1) is 0 Å². The van der Waals surface area contributed by atoms with E-state index in [1.54, 1.807) is 26.8 Å². The summed E-state index contributed by atoms with van der Waals surface area (Å²) in [6.45, 7) is 4.00. The average molecular weight is 617 g/mol. The monoisotopic (exact) mass is 615 g/mol. The van der Waals surface area contributed by atoms with Gasteiger partial charge in [-0.3, -0.25) is 13.9 Å². The largest absolute Gasteiger partial charge is 0.416 e. The van der Waals surface area contributed by atoms with E-state index < -0.39 is 51.9 Å². The highest BCUT2D eigenvalue weighted by Gasteiger charge is 2.35. The van der Waals surface area contributed by atoms with Crippen LogP contribution in [0.5, 0.6) is 0 Å². The molecule has 14 heteroatoms. The predicted octanol–water partition coefficient (Wildman–Crippen LogP) is 5.76. The second-order valence-corrected chi connectivity index (χ2v) is 11.9. The highest BCUT2D eigenvalue weighted by atomic mass is 35.5. The first-order chi connectivity index (χ1) is 17.4. The third kappa shape index (κ3) is 8.39. The molecular weight excluding hydrogens is 590 g/mol. The van der Waals surface area contributed by atoms with Crippen molar-refractivity contribution in [3.8, 4) is 0 Å². The van der Waals surface area contributed by atoms with E-state index in [2.05, 4.69) is 5.32 Å². The fourth-order valence-corrected chi connectivity index (χ4v) is 5.20. The SMILES string of the molecule is CC[C@H](C(=O)NC(C)C)N(Cc1ccc(Cl)cc1Cl)C(=O)CN(c1cc(C(F)(F)F)ccc1Cl)S(C)(=O)=O. The Morgan fingerprint density at radius 3 is 2.16 bits per heavy atom. The van der Waals surface area contributed by atoms with Crippen LogP contribution in [0.3, 0.4) is 0 Å². The van der Waals surface area contributed by atoms with Gasteiger partial charge in [-0.05, 0) is 56.2 Å². The van der Waals surface area contributed by atoms with Gasteiger partial charge in [0.2, 0.25) is 21.8 Å².